The largest absolute Gasteiger partial charge is 0.494 e. The monoisotopic (exact) mass is 459 g/mol. The normalized spacial score (nSPS) is 12.3. The van der Waals surface area contributed by atoms with Crippen LogP contribution in [0.25, 0.3) is 0 Å². The molecule has 166 valence electrons. The van der Waals surface area contributed by atoms with E-state index in [1.54, 1.807) is 72.8 Å². The number of nitrogens with zero attached hydrogens (tertiary/aromatic N) is 1. The van der Waals surface area contributed by atoms with Gasteiger partial charge in [0.15, 0.2) is 5.11 Å². The molecule has 3 amide bonds. The number of fused-ring (bicyclic) bond motifs is 1. The van der Waals surface area contributed by atoms with Crippen LogP contribution >= 0.6 is 12.2 Å². The summed E-state index contributed by atoms with van der Waals surface area (Å²) < 4.78 is 5.51. The molecule has 33 heavy (non-hydrogen) atoms. The summed E-state index contributed by atoms with van der Waals surface area (Å²) in [6.07, 6.45) is 0.904. The molecule has 0 aliphatic carbocycles. The van der Waals surface area contributed by atoms with E-state index in [1.165, 1.54) is 0 Å². The Hall–Kier alpha value is -4.04. The molecule has 1 heterocycles. The fourth-order valence-corrected chi connectivity index (χ4v) is 3.59. The maximum atomic E-state index is 12.6. The third-order valence-corrected chi connectivity index (χ3v) is 5.20. The van der Waals surface area contributed by atoms with E-state index in [9.17, 15) is 14.4 Å². The number of thiocarbonyl (C=S) groups is 1. The molecule has 1 aliphatic heterocycles. The van der Waals surface area contributed by atoms with E-state index in [-0.39, 0.29) is 22.8 Å². The quantitative estimate of drug-likeness (QED) is 0.420. The molecule has 0 radical (unpaired) electrons. The van der Waals surface area contributed by atoms with Gasteiger partial charge in [-0.2, -0.15) is 0 Å². The molecule has 3 aromatic carbocycles. The number of ether oxygens (including phenoxy) is 1. The summed E-state index contributed by atoms with van der Waals surface area (Å²) in [5.74, 6) is -0.361. The molecule has 0 spiro atoms. The molecule has 7 nitrogen and oxygen atoms in total. The highest BCUT2D eigenvalue weighted by atomic mass is 32.1. The van der Waals surface area contributed by atoms with E-state index in [0.29, 0.717) is 40.4 Å². The lowest BCUT2D eigenvalue weighted by atomic mass is 10.1. The average molecular weight is 460 g/mol. The van der Waals surface area contributed by atoms with Crippen molar-refractivity contribution in [3.8, 4) is 5.75 Å². The molecule has 0 atom stereocenters. The van der Waals surface area contributed by atoms with Gasteiger partial charge in [-0.05, 0) is 79.3 Å². The Bertz CT molecular complexity index is 1190. The highest BCUT2D eigenvalue weighted by Gasteiger charge is 2.36. The van der Waals surface area contributed by atoms with Gasteiger partial charge in [-0.1, -0.05) is 19.1 Å². The lowest BCUT2D eigenvalue weighted by Gasteiger charge is -2.15. The van der Waals surface area contributed by atoms with Crippen LogP contribution in [0.3, 0.4) is 0 Å². The third kappa shape index (κ3) is 4.75. The van der Waals surface area contributed by atoms with Crippen LogP contribution in [0.4, 0.5) is 11.4 Å². The van der Waals surface area contributed by atoms with Crippen molar-refractivity contribution in [3.63, 3.8) is 0 Å². The van der Waals surface area contributed by atoms with Crippen molar-refractivity contribution in [2.75, 3.05) is 16.8 Å². The summed E-state index contributed by atoms with van der Waals surface area (Å²) in [7, 11) is 0. The fraction of sp³-hybridized carbons (Fsp3) is 0.120. The molecule has 2 N–H and O–H groups in total. The zero-order valence-corrected chi connectivity index (χ0v) is 18.6. The molecular formula is C25H21N3O4S. The molecule has 0 unspecified atom stereocenters. The number of benzene rings is 3. The molecule has 8 heteroatoms. The Morgan fingerprint density at radius 1 is 0.909 bits per heavy atom. The van der Waals surface area contributed by atoms with Gasteiger partial charge in [0.1, 0.15) is 5.75 Å². The van der Waals surface area contributed by atoms with E-state index in [1.807, 2.05) is 6.92 Å². The highest BCUT2D eigenvalue weighted by molar-refractivity contribution is 7.80. The zero-order valence-electron chi connectivity index (χ0n) is 17.8. The number of hydrogen-bond acceptors (Lipinski definition) is 5. The average Bonchev–Trinajstić information content (AvgIpc) is 3.08. The lowest BCUT2D eigenvalue weighted by Crippen LogP contribution is -2.34. The predicted octanol–water partition coefficient (Wildman–Crippen LogP) is 4.40. The van der Waals surface area contributed by atoms with Gasteiger partial charge in [0, 0.05) is 11.3 Å². The van der Waals surface area contributed by atoms with E-state index in [4.69, 9.17) is 17.0 Å². The Balaban J connectivity index is 1.36. The Labute approximate surface area is 196 Å². The van der Waals surface area contributed by atoms with E-state index >= 15 is 0 Å². The first-order chi connectivity index (χ1) is 16.0. The van der Waals surface area contributed by atoms with Crippen LogP contribution in [0.1, 0.15) is 44.4 Å². The Kier molecular flexibility index (Phi) is 6.46. The number of anilines is 2. The van der Waals surface area contributed by atoms with Gasteiger partial charge in [0.05, 0.1) is 23.4 Å². The third-order valence-electron chi connectivity index (χ3n) is 4.99. The minimum absolute atomic E-state index is 0.125. The number of carbonyl (C=O) groups is 3. The lowest BCUT2D eigenvalue weighted by molar-refractivity contribution is 0.0923. The number of carbonyl (C=O) groups excluding carboxylic acids is 3. The summed E-state index contributed by atoms with van der Waals surface area (Å²) in [4.78, 5) is 38.8. The molecule has 0 saturated heterocycles. The van der Waals surface area contributed by atoms with Gasteiger partial charge in [-0.15, -0.1) is 0 Å². The second-order valence-electron chi connectivity index (χ2n) is 7.32. The van der Waals surface area contributed by atoms with Gasteiger partial charge < -0.3 is 10.1 Å². The fourth-order valence-electron chi connectivity index (χ4n) is 3.38. The molecule has 0 saturated carbocycles. The van der Waals surface area contributed by atoms with Crippen molar-refractivity contribution in [2.45, 2.75) is 13.3 Å². The SMILES string of the molecule is CCCOc1ccc(C(=O)NC(=S)Nc2ccc(N3C(=O)c4ccccc4C3=O)cc2)cc1. The van der Waals surface area contributed by atoms with E-state index in [0.717, 1.165) is 11.3 Å². The first-order valence-corrected chi connectivity index (χ1v) is 10.8. The van der Waals surface area contributed by atoms with Crippen molar-refractivity contribution >= 4 is 46.4 Å². The van der Waals surface area contributed by atoms with Crippen LogP contribution in [0.2, 0.25) is 0 Å². The van der Waals surface area contributed by atoms with Gasteiger partial charge >= 0.3 is 0 Å². The Morgan fingerprint density at radius 3 is 2.09 bits per heavy atom. The van der Waals surface area contributed by atoms with E-state index in [2.05, 4.69) is 10.6 Å². The van der Waals surface area contributed by atoms with Crippen LogP contribution in [-0.4, -0.2) is 29.4 Å². The summed E-state index contributed by atoms with van der Waals surface area (Å²) in [6, 6.07) is 20.2. The number of amides is 3. The standard InChI is InChI=1S/C25H21N3O4S/c1-2-15-32-19-13-7-16(8-14-19)22(29)27-25(33)26-17-9-11-18(12-10-17)28-23(30)20-5-3-4-6-21(20)24(28)31/h3-14H,2,15H2,1H3,(H2,26,27,29,33). The van der Waals surface area contributed by atoms with Crippen LogP contribution in [0, 0.1) is 0 Å². The van der Waals surface area contributed by atoms with Gasteiger partial charge in [0.25, 0.3) is 17.7 Å². The summed E-state index contributed by atoms with van der Waals surface area (Å²) in [6.45, 7) is 2.64. The summed E-state index contributed by atoms with van der Waals surface area (Å²) >= 11 is 5.23. The van der Waals surface area contributed by atoms with Crippen molar-refractivity contribution in [2.24, 2.45) is 0 Å². The molecular weight excluding hydrogens is 438 g/mol. The second-order valence-corrected chi connectivity index (χ2v) is 7.73. The van der Waals surface area contributed by atoms with Crippen molar-refractivity contribution in [3.05, 3.63) is 89.5 Å². The number of imide groups is 1. The van der Waals surface area contributed by atoms with Gasteiger partial charge in [-0.3, -0.25) is 19.7 Å². The Morgan fingerprint density at radius 2 is 1.52 bits per heavy atom. The van der Waals surface area contributed by atoms with Crippen LogP contribution in [-0.2, 0) is 0 Å². The summed E-state index contributed by atoms with van der Waals surface area (Å²) in [5.41, 5.74) is 2.28. The molecule has 3 aromatic rings. The molecule has 0 fully saturated rings. The molecule has 0 aromatic heterocycles. The summed E-state index contributed by atoms with van der Waals surface area (Å²) in [5, 5.41) is 5.68. The number of hydrogen-bond donors (Lipinski definition) is 2. The smallest absolute Gasteiger partial charge is 0.266 e. The van der Waals surface area contributed by atoms with Crippen LogP contribution in [0.5, 0.6) is 5.75 Å². The van der Waals surface area contributed by atoms with E-state index < -0.39 is 0 Å². The van der Waals surface area contributed by atoms with Crippen molar-refractivity contribution < 1.29 is 19.1 Å². The van der Waals surface area contributed by atoms with Gasteiger partial charge in [0.2, 0.25) is 0 Å². The maximum Gasteiger partial charge on any atom is 0.266 e. The molecule has 4 rings (SSSR count). The zero-order chi connectivity index (χ0) is 23.4. The molecule has 1 aliphatic rings. The first-order valence-electron chi connectivity index (χ1n) is 10.4. The van der Waals surface area contributed by atoms with Crippen LogP contribution < -0.4 is 20.3 Å². The van der Waals surface area contributed by atoms with Crippen molar-refractivity contribution in [1.82, 2.24) is 5.32 Å². The maximum absolute atomic E-state index is 12.6. The molecule has 0 bridgehead atoms. The minimum atomic E-state index is -0.356. The van der Waals surface area contributed by atoms with Gasteiger partial charge in [-0.25, -0.2) is 4.90 Å². The topological polar surface area (TPSA) is 87.7 Å². The minimum Gasteiger partial charge on any atom is -0.494 e. The first kappa shape index (κ1) is 22.2. The van der Waals surface area contributed by atoms with Crippen molar-refractivity contribution in [1.29, 1.82) is 0 Å². The highest BCUT2D eigenvalue weighted by Crippen LogP contribution is 2.29. The predicted molar refractivity (Wildman–Crippen MR) is 130 cm³/mol. The number of rotatable bonds is 6. The van der Waals surface area contributed by atoms with Crippen LogP contribution in [0.15, 0.2) is 72.8 Å². The number of nitrogens with one attached hydrogen (secondary N) is 2. The second kappa shape index (κ2) is 9.62.